The van der Waals surface area contributed by atoms with Gasteiger partial charge in [-0.25, -0.2) is 0 Å². The van der Waals surface area contributed by atoms with E-state index in [4.69, 9.17) is 32.7 Å². The Balaban J connectivity index is 1.67. The molecule has 0 aliphatic carbocycles. The summed E-state index contributed by atoms with van der Waals surface area (Å²) in [4.78, 5) is 0. The van der Waals surface area contributed by atoms with Crippen LogP contribution in [-0.4, -0.2) is 31.5 Å². The number of ether oxygens (including phenoxy) is 2. The van der Waals surface area contributed by atoms with Crippen LogP contribution in [-0.2, 0) is 9.47 Å². The maximum atomic E-state index is 6.05. The number of hydrogen-bond donors (Lipinski definition) is 1. The molecule has 2 saturated heterocycles. The topological polar surface area (TPSA) is 30.5 Å². The van der Waals surface area contributed by atoms with Crippen LogP contribution in [0.1, 0.15) is 25.7 Å². The van der Waals surface area contributed by atoms with Crippen molar-refractivity contribution in [3.63, 3.8) is 0 Å². The third-order valence-corrected chi connectivity index (χ3v) is 4.57. The van der Waals surface area contributed by atoms with Crippen LogP contribution >= 0.6 is 23.2 Å². The van der Waals surface area contributed by atoms with Gasteiger partial charge < -0.3 is 14.8 Å². The first-order valence-electron chi connectivity index (χ1n) is 7.10. The molecule has 1 unspecified atom stereocenters. The highest BCUT2D eigenvalue weighted by Gasteiger charge is 2.38. The average Bonchev–Trinajstić information content (AvgIpc) is 2.38. The van der Waals surface area contributed by atoms with E-state index in [1.165, 1.54) is 0 Å². The molecule has 20 heavy (non-hydrogen) atoms. The molecular formula is C15H19Cl2NO2. The Morgan fingerprint density at radius 3 is 2.45 bits per heavy atom. The van der Waals surface area contributed by atoms with Gasteiger partial charge in [0.1, 0.15) is 0 Å². The van der Waals surface area contributed by atoms with Crippen molar-refractivity contribution in [1.29, 1.82) is 0 Å². The third-order valence-electron chi connectivity index (χ3n) is 4.13. The molecule has 0 aromatic heterocycles. The number of hydrogen-bond acceptors (Lipinski definition) is 3. The Morgan fingerprint density at radius 1 is 1.05 bits per heavy atom. The number of halogens is 2. The van der Waals surface area contributed by atoms with Gasteiger partial charge in [-0.05, 0) is 43.9 Å². The largest absolute Gasteiger partial charge is 0.382 e. The molecule has 0 amide bonds. The van der Waals surface area contributed by atoms with Gasteiger partial charge in [-0.15, -0.1) is 0 Å². The summed E-state index contributed by atoms with van der Waals surface area (Å²) in [6, 6.07) is 5.98. The lowest BCUT2D eigenvalue weighted by Gasteiger charge is -2.43. The molecular weight excluding hydrogens is 297 g/mol. The molecule has 2 aliphatic rings. The highest BCUT2D eigenvalue weighted by atomic mass is 35.5. The zero-order chi connectivity index (χ0) is 14.0. The second-order valence-electron chi connectivity index (χ2n) is 5.64. The monoisotopic (exact) mass is 315 g/mol. The average molecular weight is 316 g/mol. The summed E-state index contributed by atoms with van der Waals surface area (Å²) >= 11 is 12.1. The van der Waals surface area contributed by atoms with E-state index in [1.807, 2.05) is 12.1 Å². The Kier molecular flexibility index (Phi) is 4.41. The van der Waals surface area contributed by atoms with E-state index in [9.17, 15) is 0 Å². The van der Waals surface area contributed by atoms with Crippen molar-refractivity contribution in [3.05, 3.63) is 28.2 Å². The lowest BCUT2D eigenvalue weighted by atomic mass is 9.84. The van der Waals surface area contributed by atoms with Crippen molar-refractivity contribution in [1.82, 2.24) is 0 Å². The second kappa shape index (κ2) is 6.10. The van der Waals surface area contributed by atoms with Crippen molar-refractivity contribution in [2.45, 2.75) is 37.3 Å². The van der Waals surface area contributed by atoms with E-state index in [0.717, 1.165) is 51.2 Å². The minimum atomic E-state index is -0.00344. The van der Waals surface area contributed by atoms with Crippen LogP contribution in [0.4, 0.5) is 5.69 Å². The Morgan fingerprint density at radius 2 is 1.75 bits per heavy atom. The molecule has 0 bridgehead atoms. The first kappa shape index (κ1) is 14.5. The first-order chi connectivity index (χ1) is 9.65. The molecule has 1 N–H and O–H groups in total. The molecule has 0 radical (unpaired) electrons. The first-order valence-corrected chi connectivity index (χ1v) is 7.85. The lowest BCUT2D eigenvalue weighted by molar-refractivity contribution is -0.135. The van der Waals surface area contributed by atoms with Crippen LogP contribution in [0.2, 0.25) is 10.0 Å². The molecule has 3 rings (SSSR count). The number of benzene rings is 1. The van der Waals surface area contributed by atoms with E-state index < -0.39 is 0 Å². The maximum absolute atomic E-state index is 6.05. The van der Waals surface area contributed by atoms with Crippen molar-refractivity contribution in [2.75, 3.05) is 25.1 Å². The van der Waals surface area contributed by atoms with Gasteiger partial charge in [0.2, 0.25) is 0 Å². The lowest BCUT2D eigenvalue weighted by Crippen LogP contribution is -2.47. The van der Waals surface area contributed by atoms with Crippen LogP contribution in [0, 0.1) is 0 Å². The van der Waals surface area contributed by atoms with Gasteiger partial charge >= 0.3 is 0 Å². The molecule has 1 aromatic rings. The normalized spacial score (nSPS) is 25.6. The summed E-state index contributed by atoms with van der Waals surface area (Å²) < 4.78 is 11.5. The fraction of sp³-hybridized carbons (Fsp3) is 0.600. The third kappa shape index (κ3) is 3.40. The van der Waals surface area contributed by atoms with Crippen LogP contribution < -0.4 is 5.32 Å². The Labute approximate surface area is 129 Å². The van der Waals surface area contributed by atoms with E-state index in [0.29, 0.717) is 16.1 Å². The quantitative estimate of drug-likeness (QED) is 0.890. The Hall–Kier alpha value is -0.480. The molecule has 5 heteroatoms. The summed E-state index contributed by atoms with van der Waals surface area (Å²) in [7, 11) is 0. The summed E-state index contributed by atoms with van der Waals surface area (Å²) in [5.41, 5.74) is 0.980. The van der Waals surface area contributed by atoms with Gasteiger partial charge in [-0.2, -0.15) is 0 Å². The van der Waals surface area contributed by atoms with Gasteiger partial charge in [-0.1, -0.05) is 23.2 Å². The van der Waals surface area contributed by atoms with E-state index in [1.54, 1.807) is 6.07 Å². The number of anilines is 1. The number of rotatable bonds is 2. The predicted molar refractivity (Wildman–Crippen MR) is 81.8 cm³/mol. The molecule has 3 nitrogen and oxygen atoms in total. The predicted octanol–water partition coefficient (Wildman–Crippen LogP) is 4.13. The SMILES string of the molecule is Clc1cc(Cl)cc(NC2CCOC3(CCOCC3)C2)c1. The van der Waals surface area contributed by atoms with Gasteiger partial charge in [0.15, 0.2) is 0 Å². The summed E-state index contributed by atoms with van der Waals surface area (Å²) in [5, 5.41) is 4.86. The van der Waals surface area contributed by atoms with Crippen molar-refractivity contribution < 1.29 is 9.47 Å². The smallest absolute Gasteiger partial charge is 0.0745 e. The summed E-state index contributed by atoms with van der Waals surface area (Å²) in [6.07, 6.45) is 4.00. The van der Waals surface area contributed by atoms with Gasteiger partial charge in [-0.3, -0.25) is 0 Å². The Bertz CT molecular complexity index is 449. The maximum Gasteiger partial charge on any atom is 0.0745 e. The highest BCUT2D eigenvalue weighted by Crippen LogP contribution is 2.35. The highest BCUT2D eigenvalue weighted by molar-refractivity contribution is 6.35. The van der Waals surface area contributed by atoms with Gasteiger partial charge in [0.05, 0.1) is 5.60 Å². The molecule has 2 aliphatic heterocycles. The van der Waals surface area contributed by atoms with E-state index >= 15 is 0 Å². The van der Waals surface area contributed by atoms with E-state index in [-0.39, 0.29) is 5.60 Å². The van der Waals surface area contributed by atoms with Crippen LogP contribution in [0.25, 0.3) is 0 Å². The minimum Gasteiger partial charge on any atom is -0.382 e. The molecule has 1 spiro atoms. The van der Waals surface area contributed by atoms with E-state index in [2.05, 4.69) is 5.32 Å². The fourth-order valence-electron chi connectivity index (χ4n) is 3.12. The zero-order valence-electron chi connectivity index (χ0n) is 11.3. The molecule has 2 heterocycles. The van der Waals surface area contributed by atoms with Crippen molar-refractivity contribution >= 4 is 28.9 Å². The standard InChI is InChI=1S/C15H19Cl2NO2/c16-11-7-12(17)9-14(8-11)18-13-1-4-20-15(10-13)2-5-19-6-3-15/h7-9,13,18H,1-6,10H2. The molecule has 110 valence electrons. The molecule has 1 atom stereocenters. The minimum absolute atomic E-state index is 0.00344. The van der Waals surface area contributed by atoms with Gasteiger partial charge in [0, 0.05) is 41.6 Å². The molecule has 2 fully saturated rings. The summed E-state index contributed by atoms with van der Waals surface area (Å²) in [6.45, 7) is 2.40. The van der Waals surface area contributed by atoms with Crippen molar-refractivity contribution in [3.8, 4) is 0 Å². The molecule has 0 saturated carbocycles. The number of nitrogens with one attached hydrogen (secondary N) is 1. The second-order valence-corrected chi connectivity index (χ2v) is 6.51. The van der Waals surface area contributed by atoms with Crippen LogP contribution in [0.5, 0.6) is 0 Å². The van der Waals surface area contributed by atoms with Crippen LogP contribution in [0.15, 0.2) is 18.2 Å². The van der Waals surface area contributed by atoms with Crippen molar-refractivity contribution in [2.24, 2.45) is 0 Å². The van der Waals surface area contributed by atoms with Gasteiger partial charge in [0.25, 0.3) is 0 Å². The fourth-order valence-corrected chi connectivity index (χ4v) is 3.64. The summed E-state index contributed by atoms with van der Waals surface area (Å²) in [5.74, 6) is 0. The van der Waals surface area contributed by atoms with Crippen LogP contribution in [0.3, 0.4) is 0 Å². The molecule has 1 aromatic carbocycles. The zero-order valence-corrected chi connectivity index (χ0v) is 12.8.